The number of hydrogen-bond acceptors (Lipinski definition) is 3. The number of anilines is 1. The third-order valence-corrected chi connectivity index (χ3v) is 2.53. The minimum absolute atomic E-state index is 0.0124. The Bertz CT molecular complexity index is 393. The SMILES string of the molecule is CCCN(CCO)C(=O)/C=C/c1ccc(N)cc1. The fraction of sp³-hybridized carbons (Fsp3) is 0.357. The van der Waals surface area contributed by atoms with Gasteiger partial charge in [-0.25, -0.2) is 0 Å². The van der Waals surface area contributed by atoms with Crippen molar-refractivity contribution in [3.63, 3.8) is 0 Å². The van der Waals surface area contributed by atoms with Crippen LogP contribution in [0.15, 0.2) is 30.3 Å². The van der Waals surface area contributed by atoms with E-state index < -0.39 is 0 Å². The van der Waals surface area contributed by atoms with E-state index in [9.17, 15) is 4.79 Å². The molecule has 4 heteroatoms. The van der Waals surface area contributed by atoms with Crippen molar-refractivity contribution in [1.29, 1.82) is 0 Å². The van der Waals surface area contributed by atoms with Crippen LogP contribution in [0.25, 0.3) is 6.08 Å². The summed E-state index contributed by atoms with van der Waals surface area (Å²) in [5.74, 6) is -0.0808. The van der Waals surface area contributed by atoms with Crippen LogP contribution in [0.4, 0.5) is 5.69 Å². The van der Waals surface area contributed by atoms with Crippen LogP contribution in [0.2, 0.25) is 0 Å². The third-order valence-electron chi connectivity index (χ3n) is 2.53. The molecule has 0 bridgehead atoms. The van der Waals surface area contributed by atoms with E-state index in [0.29, 0.717) is 18.8 Å². The Labute approximate surface area is 108 Å². The predicted molar refractivity (Wildman–Crippen MR) is 73.8 cm³/mol. The lowest BCUT2D eigenvalue weighted by atomic mass is 10.2. The molecule has 1 aromatic rings. The Morgan fingerprint density at radius 3 is 2.56 bits per heavy atom. The summed E-state index contributed by atoms with van der Waals surface area (Å²) in [7, 11) is 0. The first-order valence-electron chi connectivity index (χ1n) is 6.10. The molecule has 0 heterocycles. The molecule has 1 amide bonds. The molecule has 0 aliphatic rings. The Balaban J connectivity index is 2.63. The van der Waals surface area contributed by atoms with E-state index in [4.69, 9.17) is 10.8 Å². The fourth-order valence-electron chi connectivity index (χ4n) is 1.60. The number of rotatable bonds is 6. The van der Waals surface area contributed by atoms with Gasteiger partial charge in [-0.1, -0.05) is 19.1 Å². The number of carbonyl (C=O) groups excluding carboxylic acids is 1. The van der Waals surface area contributed by atoms with Crippen LogP contribution < -0.4 is 5.73 Å². The summed E-state index contributed by atoms with van der Waals surface area (Å²) in [6, 6.07) is 7.30. The molecule has 18 heavy (non-hydrogen) atoms. The molecule has 1 rings (SSSR count). The van der Waals surface area contributed by atoms with Gasteiger partial charge in [-0.3, -0.25) is 4.79 Å². The molecule has 98 valence electrons. The second-order valence-electron chi connectivity index (χ2n) is 4.05. The first kappa shape index (κ1) is 14.3. The summed E-state index contributed by atoms with van der Waals surface area (Å²) in [4.78, 5) is 13.5. The van der Waals surface area contributed by atoms with Crippen LogP contribution in [0.5, 0.6) is 0 Å². The molecule has 4 nitrogen and oxygen atoms in total. The van der Waals surface area contributed by atoms with Gasteiger partial charge in [-0.15, -0.1) is 0 Å². The number of aliphatic hydroxyl groups is 1. The number of amides is 1. The van der Waals surface area contributed by atoms with Crippen LogP contribution >= 0.6 is 0 Å². The molecule has 0 saturated heterocycles. The molecule has 0 aromatic heterocycles. The van der Waals surface area contributed by atoms with Crippen molar-refractivity contribution in [3.8, 4) is 0 Å². The molecule has 0 fully saturated rings. The number of nitrogen functional groups attached to an aromatic ring is 1. The molecule has 0 saturated carbocycles. The van der Waals surface area contributed by atoms with Crippen LogP contribution in [0.1, 0.15) is 18.9 Å². The highest BCUT2D eigenvalue weighted by molar-refractivity contribution is 5.91. The van der Waals surface area contributed by atoms with Crippen LogP contribution in [0, 0.1) is 0 Å². The molecule has 0 aliphatic carbocycles. The monoisotopic (exact) mass is 248 g/mol. The van der Waals surface area contributed by atoms with Crippen molar-refractivity contribution in [2.24, 2.45) is 0 Å². The lowest BCUT2D eigenvalue weighted by Gasteiger charge is -2.18. The standard InChI is InChI=1S/C14H20N2O2/c1-2-9-16(10-11-17)14(18)8-5-12-3-6-13(15)7-4-12/h3-8,17H,2,9-11,15H2,1H3/b8-5+. The molecular formula is C14H20N2O2. The topological polar surface area (TPSA) is 66.6 Å². The number of carbonyl (C=O) groups is 1. The van der Waals surface area contributed by atoms with Gasteiger partial charge >= 0.3 is 0 Å². The summed E-state index contributed by atoms with van der Waals surface area (Å²) >= 11 is 0. The number of benzene rings is 1. The van der Waals surface area contributed by atoms with E-state index in [2.05, 4.69) is 0 Å². The van der Waals surface area contributed by atoms with Gasteiger partial charge in [-0.05, 0) is 30.2 Å². The number of aliphatic hydroxyl groups excluding tert-OH is 1. The van der Waals surface area contributed by atoms with Crippen molar-refractivity contribution in [2.45, 2.75) is 13.3 Å². The molecule has 1 aromatic carbocycles. The highest BCUT2D eigenvalue weighted by Gasteiger charge is 2.07. The van der Waals surface area contributed by atoms with Crippen molar-refractivity contribution >= 4 is 17.7 Å². The molecule has 0 radical (unpaired) electrons. The Kier molecular flexibility index (Phi) is 5.94. The van der Waals surface area contributed by atoms with Crippen molar-refractivity contribution in [2.75, 3.05) is 25.4 Å². The quantitative estimate of drug-likeness (QED) is 0.592. The average molecular weight is 248 g/mol. The van der Waals surface area contributed by atoms with Gasteiger partial charge in [0, 0.05) is 24.9 Å². The highest BCUT2D eigenvalue weighted by Crippen LogP contribution is 2.07. The maximum atomic E-state index is 11.9. The molecule has 0 atom stereocenters. The molecule has 3 N–H and O–H groups in total. The van der Waals surface area contributed by atoms with Gasteiger partial charge in [0.2, 0.25) is 5.91 Å². The minimum Gasteiger partial charge on any atom is -0.399 e. The van der Waals surface area contributed by atoms with Crippen LogP contribution in [-0.2, 0) is 4.79 Å². The molecule has 0 aliphatic heterocycles. The lowest BCUT2D eigenvalue weighted by molar-refractivity contribution is -0.126. The van der Waals surface area contributed by atoms with E-state index in [1.165, 1.54) is 6.08 Å². The highest BCUT2D eigenvalue weighted by atomic mass is 16.3. The van der Waals surface area contributed by atoms with Gasteiger partial charge < -0.3 is 15.7 Å². The minimum atomic E-state index is -0.0808. The van der Waals surface area contributed by atoms with Gasteiger partial charge in [-0.2, -0.15) is 0 Å². The maximum Gasteiger partial charge on any atom is 0.246 e. The average Bonchev–Trinajstić information content (AvgIpc) is 2.37. The number of nitrogens with zero attached hydrogens (tertiary/aromatic N) is 1. The van der Waals surface area contributed by atoms with Crippen molar-refractivity contribution in [3.05, 3.63) is 35.9 Å². The number of hydrogen-bond donors (Lipinski definition) is 2. The largest absolute Gasteiger partial charge is 0.399 e. The molecule has 0 unspecified atom stereocenters. The van der Waals surface area contributed by atoms with E-state index in [1.807, 2.05) is 19.1 Å². The summed E-state index contributed by atoms with van der Waals surface area (Å²) in [6.45, 7) is 3.02. The third kappa shape index (κ3) is 4.59. The molecular weight excluding hydrogens is 228 g/mol. The van der Waals surface area contributed by atoms with Gasteiger partial charge in [0.1, 0.15) is 0 Å². The molecule has 0 spiro atoms. The fourth-order valence-corrected chi connectivity index (χ4v) is 1.60. The smallest absolute Gasteiger partial charge is 0.246 e. The normalized spacial score (nSPS) is 10.8. The zero-order chi connectivity index (χ0) is 13.4. The van der Waals surface area contributed by atoms with Crippen LogP contribution in [0.3, 0.4) is 0 Å². The zero-order valence-corrected chi connectivity index (χ0v) is 10.7. The Morgan fingerprint density at radius 2 is 2.00 bits per heavy atom. The zero-order valence-electron chi connectivity index (χ0n) is 10.7. The Hall–Kier alpha value is -1.81. The maximum absolute atomic E-state index is 11.9. The van der Waals surface area contributed by atoms with E-state index in [-0.39, 0.29) is 12.5 Å². The second kappa shape index (κ2) is 7.50. The predicted octanol–water partition coefficient (Wildman–Crippen LogP) is 1.51. The van der Waals surface area contributed by atoms with Crippen LogP contribution in [-0.4, -0.2) is 35.6 Å². The summed E-state index contributed by atoms with van der Waals surface area (Å²) < 4.78 is 0. The summed E-state index contributed by atoms with van der Waals surface area (Å²) in [5.41, 5.74) is 7.21. The van der Waals surface area contributed by atoms with E-state index in [1.54, 1.807) is 23.1 Å². The number of nitrogens with two attached hydrogens (primary N) is 1. The van der Waals surface area contributed by atoms with Crippen molar-refractivity contribution in [1.82, 2.24) is 4.90 Å². The summed E-state index contributed by atoms with van der Waals surface area (Å²) in [5, 5.41) is 8.90. The van der Waals surface area contributed by atoms with Gasteiger partial charge in [0.05, 0.1) is 6.61 Å². The van der Waals surface area contributed by atoms with Gasteiger partial charge in [0.15, 0.2) is 0 Å². The first-order chi connectivity index (χ1) is 8.67. The summed E-state index contributed by atoms with van der Waals surface area (Å²) in [6.07, 6.45) is 4.15. The van der Waals surface area contributed by atoms with E-state index >= 15 is 0 Å². The first-order valence-corrected chi connectivity index (χ1v) is 6.10. The lowest BCUT2D eigenvalue weighted by Crippen LogP contribution is -2.32. The van der Waals surface area contributed by atoms with E-state index in [0.717, 1.165) is 12.0 Å². The Morgan fingerprint density at radius 1 is 1.33 bits per heavy atom. The van der Waals surface area contributed by atoms with Gasteiger partial charge in [0.25, 0.3) is 0 Å². The van der Waals surface area contributed by atoms with Crippen molar-refractivity contribution < 1.29 is 9.90 Å². The second-order valence-corrected chi connectivity index (χ2v) is 4.05.